The van der Waals surface area contributed by atoms with E-state index < -0.39 is 0 Å². The van der Waals surface area contributed by atoms with Crippen LogP contribution in [-0.4, -0.2) is 59.8 Å². The van der Waals surface area contributed by atoms with Crippen molar-refractivity contribution in [2.75, 3.05) is 38.5 Å². The molecule has 1 aliphatic rings. The molecule has 148 valence electrons. The topological polar surface area (TPSA) is 65.5 Å². The van der Waals surface area contributed by atoms with Gasteiger partial charge in [-0.15, -0.1) is 0 Å². The van der Waals surface area contributed by atoms with Crippen LogP contribution in [0, 0.1) is 6.92 Å². The van der Waals surface area contributed by atoms with Crippen molar-refractivity contribution in [3.63, 3.8) is 0 Å². The zero-order chi connectivity index (χ0) is 20.3. The molecule has 1 N–H and O–H groups in total. The van der Waals surface area contributed by atoms with Gasteiger partial charge >= 0.3 is 0 Å². The van der Waals surface area contributed by atoms with Crippen molar-refractivity contribution in [1.29, 1.82) is 0 Å². The van der Waals surface area contributed by atoms with E-state index in [4.69, 9.17) is 0 Å². The van der Waals surface area contributed by atoms with Crippen LogP contribution < -0.4 is 5.32 Å². The second kappa shape index (κ2) is 8.52. The SMILES string of the molecule is Cc1cccc(C(C)C)c1NC(=O)c1cncc(C(=O)N2CCN(C)CC2)c1. The maximum absolute atomic E-state index is 12.9. The molecule has 0 aliphatic carbocycles. The Bertz CT molecular complexity index is 871. The van der Waals surface area contributed by atoms with Gasteiger partial charge in [-0.05, 0) is 37.1 Å². The van der Waals surface area contributed by atoms with Crippen molar-refractivity contribution in [2.24, 2.45) is 0 Å². The highest BCUT2D eigenvalue weighted by atomic mass is 16.2. The standard InChI is InChI=1S/C22H28N4O2/c1-15(2)19-7-5-6-16(3)20(19)24-21(27)17-12-18(14-23-13-17)22(28)26-10-8-25(4)9-11-26/h5-7,12-15H,8-11H2,1-4H3,(H,24,27). The Balaban J connectivity index is 1.79. The first-order valence-corrected chi connectivity index (χ1v) is 9.70. The monoisotopic (exact) mass is 380 g/mol. The van der Waals surface area contributed by atoms with Gasteiger partial charge in [0.2, 0.25) is 0 Å². The van der Waals surface area contributed by atoms with E-state index in [1.807, 2.05) is 37.1 Å². The molecule has 0 radical (unpaired) electrons. The van der Waals surface area contributed by atoms with Crippen LogP contribution in [0.3, 0.4) is 0 Å². The van der Waals surface area contributed by atoms with Crippen molar-refractivity contribution in [3.05, 3.63) is 58.9 Å². The predicted molar refractivity (Wildman–Crippen MR) is 111 cm³/mol. The molecule has 2 aromatic rings. The van der Waals surface area contributed by atoms with Crippen LogP contribution in [0.2, 0.25) is 0 Å². The Labute approximate surface area is 166 Å². The third-order valence-corrected chi connectivity index (χ3v) is 5.20. The van der Waals surface area contributed by atoms with Crippen LogP contribution in [0.25, 0.3) is 0 Å². The zero-order valence-corrected chi connectivity index (χ0v) is 17.0. The molecular formula is C22H28N4O2. The average Bonchev–Trinajstić information content (AvgIpc) is 2.69. The summed E-state index contributed by atoms with van der Waals surface area (Å²) in [4.78, 5) is 33.8. The van der Waals surface area contributed by atoms with Crippen molar-refractivity contribution in [1.82, 2.24) is 14.8 Å². The van der Waals surface area contributed by atoms with Crippen LogP contribution in [0.15, 0.2) is 36.7 Å². The summed E-state index contributed by atoms with van der Waals surface area (Å²) in [7, 11) is 2.05. The van der Waals surface area contributed by atoms with Gasteiger partial charge in [0.15, 0.2) is 0 Å². The maximum Gasteiger partial charge on any atom is 0.257 e. The van der Waals surface area contributed by atoms with Gasteiger partial charge < -0.3 is 15.1 Å². The number of carbonyl (C=O) groups is 2. The van der Waals surface area contributed by atoms with E-state index in [9.17, 15) is 9.59 Å². The molecule has 1 saturated heterocycles. The molecule has 1 fully saturated rings. The fraction of sp³-hybridized carbons (Fsp3) is 0.409. The highest BCUT2D eigenvalue weighted by molar-refractivity contribution is 6.06. The molecule has 2 amide bonds. The summed E-state index contributed by atoms with van der Waals surface area (Å²) in [6.45, 7) is 9.25. The number of benzene rings is 1. The van der Waals surface area contributed by atoms with Crippen LogP contribution in [-0.2, 0) is 0 Å². The van der Waals surface area contributed by atoms with Crippen LogP contribution >= 0.6 is 0 Å². The lowest BCUT2D eigenvalue weighted by Crippen LogP contribution is -2.47. The third-order valence-electron chi connectivity index (χ3n) is 5.20. The summed E-state index contributed by atoms with van der Waals surface area (Å²) < 4.78 is 0. The van der Waals surface area contributed by atoms with Gasteiger partial charge in [0.25, 0.3) is 11.8 Å². The second-order valence-electron chi connectivity index (χ2n) is 7.71. The Kier molecular flexibility index (Phi) is 6.09. The number of rotatable bonds is 4. The number of pyridine rings is 1. The van der Waals surface area contributed by atoms with E-state index in [0.717, 1.165) is 29.9 Å². The van der Waals surface area contributed by atoms with Crippen LogP contribution in [0.1, 0.15) is 51.6 Å². The Morgan fingerprint density at radius 2 is 1.75 bits per heavy atom. The minimum atomic E-state index is -0.253. The molecule has 1 aromatic heterocycles. The van der Waals surface area contributed by atoms with Crippen molar-refractivity contribution in [3.8, 4) is 0 Å². The fourth-order valence-corrected chi connectivity index (χ4v) is 3.40. The molecule has 6 nitrogen and oxygen atoms in total. The number of aromatic nitrogens is 1. The summed E-state index contributed by atoms with van der Waals surface area (Å²) in [6.07, 6.45) is 3.04. The largest absolute Gasteiger partial charge is 0.336 e. The molecule has 2 heterocycles. The Morgan fingerprint density at radius 3 is 2.43 bits per heavy atom. The summed E-state index contributed by atoms with van der Waals surface area (Å²) in [5.74, 6) is -0.0378. The minimum Gasteiger partial charge on any atom is -0.336 e. The van der Waals surface area contributed by atoms with E-state index in [-0.39, 0.29) is 11.8 Å². The van der Waals surface area contributed by atoms with Crippen molar-refractivity contribution >= 4 is 17.5 Å². The molecular weight excluding hydrogens is 352 g/mol. The van der Waals surface area contributed by atoms with E-state index in [0.29, 0.717) is 30.1 Å². The average molecular weight is 380 g/mol. The molecule has 1 aliphatic heterocycles. The number of hydrogen-bond acceptors (Lipinski definition) is 4. The van der Waals surface area contributed by atoms with E-state index >= 15 is 0 Å². The molecule has 0 unspecified atom stereocenters. The van der Waals surface area contributed by atoms with E-state index in [1.165, 1.54) is 12.4 Å². The predicted octanol–water partition coefficient (Wildman–Crippen LogP) is 3.15. The number of hydrogen-bond donors (Lipinski definition) is 1. The van der Waals surface area contributed by atoms with Crippen molar-refractivity contribution in [2.45, 2.75) is 26.7 Å². The summed E-state index contributed by atoms with van der Waals surface area (Å²) in [5, 5.41) is 3.02. The molecule has 3 rings (SSSR count). The third kappa shape index (κ3) is 4.39. The van der Waals surface area contributed by atoms with Gasteiger partial charge in [-0.25, -0.2) is 0 Å². The fourth-order valence-electron chi connectivity index (χ4n) is 3.40. The number of nitrogens with zero attached hydrogens (tertiary/aromatic N) is 3. The van der Waals surface area contributed by atoms with Gasteiger partial charge in [0, 0.05) is 44.3 Å². The molecule has 0 saturated carbocycles. The Hall–Kier alpha value is -2.73. The van der Waals surface area contributed by atoms with Gasteiger partial charge in [0.05, 0.1) is 11.1 Å². The zero-order valence-electron chi connectivity index (χ0n) is 17.0. The smallest absolute Gasteiger partial charge is 0.257 e. The molecule has 0 atom stereocenters. The summed E-state index contributed by atoms with van der Waals surface area (Å²) in [5.41, 5.74) is 3.77. The lowest BCUT2D eigenvalue weighted by Gasteiger charge is -2.32. The molecule has 28 heavy (non-hydrogen) atoms. The minimum absolute atomic E-state index is 0.0750. The van der Waals surface area contributed by atoms with Gasteiger partial charge in [-0.2, -0.15) is 0 Å². The van der Waals surface area contributed by atoms with E-state index in [2.05, 4.69) is 29.0 Å². The Morgan fingerprint density at radius 1 is 1.07 bits per heavy atom. The van der Waals surface area contributed by atoms with Gasteiger partial charge in [-0.1, -0.05) is 32.0 Å². The lowest BCUT2D eigenvalue weighted by atomic mass is 9.98. The number of likely N-dealkylation sites (N-methyl/N-ethyl adjacent to an activating group) is 1. The molecule has 0 bridgehead atoms. The molecule has 6 heteroatoms. The highest BCUT2D eigenvalue weighted by Gasteiger charge is 2.22. The highest BCUT2D eigenvalue weighted by Crippen LogP contribution is 2.27. The first-order chi connectivity index (χ1) is 13.4. The first kappa shape index (κ1) is 20.0. The molecule has 0 spiro atoms. The normalized spacial score (nSPS) is 15.0. The first-order valence-electron chi connectivity index (χ1n) is 9.70. The second-order valence-corrected chi connectivity index (χ2v) is 7.71. The lowest BCUT2D eigenvalue weighted by molar-refractivity contribution is 0.0663. The number of piperazine rings is 1. The number of amides is 2. The summed E-state index contributed by atoms with van der Waals surface area (Å²) in [6, 6.07) is 7.64. The quantitative estimate of drug-likeness (QED) is 0.885. The number of aryl methyl sites for hydroxylation is 1. The van der Waals surface area contributed by atoms with Crippen molar-refractivity contribution < 1.29 is 9.59 Å². The maximum atomic E-state index is 12.9. The van der Waals surface area contributed by atoms with Gasteiger partial charge in [-0.3, -0.25) is 14.6 Å². The van der Waals surface area contributed by atoms with Crippen LogP contribution in [0.4, 0.5) is 5.69 Å². The number of anilines is 1. The molecule has 1 aromatic carbocycles. The summed E-state index contributed by atoms with van der Waals surface area (Å²) >= 11 is 0. The van der Waals surface area contributed by atoms with Crippen LogP contribution in [0.5, 0.6) is 0 Å². The number of carbonyl (C=O) groups excluding carboxylic acids is 2. The van der Waals surface area contributed by atoms with E-state index in [1.54, 1.807) is 6.07 Å². The number of para-hydroxylation sites is 1. The van der Waals surface area contributed by atoms with Gasteiger partial charge in [0.1, 0.15) is 0 Å². The number of nitrogens with one attached hydrogen (secondary N) is 1.